The van der Waals surface area contributed by atoms with Crippen LogP contribution in [0.4, 0.5) is 0 Å². The summed E-state index contributed by atoms with van der Waals surface area (Å²) < 4.78 is 6.54. The number of hydrogen-bond acceptors (Lipinski definition) is 4. The molecule has 0 spiro atoms. The molecule has 4 aromatic carbocycles. The van der Waals surface area contributed by atoms with E-state index in [0.717, 1.165) is 44.3 Å². The number of aliphatic hydroxyl groups excluding tert-OH is 1. The van der Waals surface area contributed by atoms with Crippen molar-refractivity contribution in [2.24, 2.45) is 0 Å². The molecule has 2 heterocycles. The molecule has 0 saturated carbocycles. The van der Waals surface area contributed by atoms with Gasteiger partial charge in [-0.15, -0.1) is 23.6 Å². The van der Waals surface area contributed by atoms with E-state index in [2.05, 4.69) is 86.6 Å². The van der Waals surface area contributed by atoms with E-state index in [1.165, 1.54) is 41.8 Å². The van der Waals surface area contributed by atoms with Gasteiger partial charge in [-0.2, -0.15) is 0 Å². The van der Waals surface area contributed by atoms with E-state index in [0.29, 0.717) is 0 Å². The van der Waals surface area contributed by atoms with Crippen LogP contribution in [0.3, 0.4) is 0 Å². The molecule has 1 aliphatic carbocycles. The van der Waals surface area contributed by atoms with Crippen molar-refractivity contribution in [2.75, 3.05) is 0 Å². The van der Waals surface area contributed by atoms with Gasteiger partial charge in [-0.1, -0.05) is 91.0 Å². The zero-order valence-electron chi connectivity index (χ0n) is 22.7. The Kier molecular flexibility index (Phi) is 7.22. The van der Waals surface area contributed by atoms with Crippen molar-refractivity contribution in [1.82, 2.24) is 4.98 Å². The molecule has 6 aromatic rings. The second kappa shape index (κ2) is 10.5. The van der Waals surface area contributed by atoms with Crippen LogP contribution in [0, 0.1) is 6.07 Å². The van der Waals surface area contributed by atoms with E-state index in [1.54, 1.807) is 0 Å². The van der Waals surface area contributed by atoms with Crippen LogP contribution in [0.5, 0.6) is 0 Å². The Morgan fingerprint density at radius 2 is 1.65 bits per heavy atom. The topological polar surface area (TPSA) is 63.3 Å². The third-order valence-electron chi connectivity index (χ3n) is 7.40. The number of carbonyl (C=O) groups is 1. The van der Waals surface area contributed by atoms with E-state index >= 15 is 0 Å². The van der Waals surface area contributed by atoms with Crippen LogP contribution in [0.1, 0.15) is 38.8 Å². The van der Waals surface area contributed by atoms with Gasteiger partial charge in [0.25, 0.3) is 0 Å². The summed E-state index contributed by atoms with van der Waals surface area (Å²) in [5.41, 5.74) is 8.39. The zero-order valence-corrected chi connectivity index (χ0v) is 25.1. The fraction of sp³-hybridized carbons (Fsp3) is 0.143. The van der Waals surface area contributed by atoms with Crippen LogP contribution >= 0.6 is 0 Å². The molecule has 0 amide bonds. The molecule has 2 aromatic heterocycles. The van der Waals surface area contributed by atoms with Crippen molar-refractivity contribution in [3.63, 3.8) is 0 Å². The second-order valence-electron chi connectivity index (χ2n) is 10.5. The average Bonchev–Trinajstić information content (AvgIpc) is 3.28. The average molecular weight is 703 g/mol. The molecule has 4 nitrogen and oxygen atoms in total. The minimum Gasteiger partial charge on any atom is -0.512 e. The van der Waals surface area contributed by atoms with Gasteiger partial charge in [-0.25, -0.2) is 0 Å². The largest absolute Gasteiger partial charge is 0.512 e. The fourth-order valence-corrected chi connectivity index (χ4v) is 5.66. The fourth-order valence-electron chi connectivity index (χ4n) is 5.66. The molecule has 40 heavy (non-hydrogen) atoms. The molecule has 201 valence electrons. The summed E-state index contributed by atoms with van der Waals surface area (Å²) in [5.74, 6) is -0.0625. The molecule has 0 saturated heterocycles. The number of aliphatic hydroxyl groups is 1. The molecule has 0 atom stereocenters. The quantitative estimate of drug-likeness (QED) is 0.111. The first-order chi connectivity index (χ1) is 18.8. The predicted octanol–water partition coefficient (Wildman–Crippen LogP) is 8.94. The summed E-state index contributed by atoms with van der Waals surface area (Å²) in [4.78, 5) is 14.9. The molecular weight excluding hydrogens is 675 g/mol. The number of hydrogen-bond donors (Lipinski definition) is 1. The van der Waals surface area contributed by atoms with Gasteiger partial charge in [-0.3, -0.25) is 9.78 Å². The van der Waals surface area contributed by atoms with Crippen molar-refractivity contribution in [1.29, 1.82) is 0 Å². The maximum atomic E-state index is 10.0. The van der Waals surface area contributed by atoms with Gasteiger partial charge in [0.05, 0.1) is 5.76 Å². The van der Waals surface area contributed by atoms with Crippen LogP contribution in [-0.4, -0.2) is 15.9 Å². The van der Waals surface area contributed by atoms with Crippen molar-refractivity contribution < 1.29 is 34.4 Å². The summed E-state index contributed by atoms with van der Waals surface area (Å²) >= 11 is 0. The summed E-state index contributed by atoms with van der Waals surface area (Å²) in [7, 11) is 0. The van der Waals surface area contributed by atoms with Gasteiger partial charge < -0.3 is 9.52 Å². The molecule has 1 aliphatic rings. The minimum absolute atomic E-state index is 0. The van der Waals surface area contributed by atoms with Gasteiger partial charge in [0.1, 0.15) is 11.2 Å². The molecular formula is C35H28IrNO3-. The number of nitrogens with zero attached hydrogens (tertiary/aromatic N) is 1. The molecule has 0 aliphatic heterocycles. The first-order valence-electron chi connectivity index (χ1n) is 13.0. The number of ketones is 1. The Labute approximate surface area is 246 Å². The van der Waals surface area contributed by atoms with E-state index in [1.807, 2.05) is 18.3 Å². The number of carbonyl (C=O) groups excluding carboxylic acids is 1. The Bertz CT molecular complexity index is 1930. The van der Waals surface area contributed by atoms with Crippen molar-refractivity contribution in [3.8, 4) is 22.4 Å². The van der Waals surface area contributed by atoms with Crippen molar-refractivity contribution >= 4 is 38.5 Å². The van der Waals surface area contributed by atoms with Crippen LogP contribution in [-0.2, 0) is 30.3 Å². The Balaban J connectivity index is 0.000000362. The van der Waals surface area contributed by atoms with Gasteiger partial charge in [-0.05, 0) is 36.5 Å². The van der Waals surface area contributed by atoms with Crippen LogP contribution in [0.15, 0.2) is 101 Å². The van der Waals surface area contributed by atoms with Crippen LogP contribution in [0.25, 0.3) is 55.1 Å². The number of allylic oxidation sites excluding steroid dienone is 2. The molecule has 5 heteroatoms. The molecule has 1 N–H and O–H groups in total. The van der Waals surface area contributed by atoms with E-state index in [-0.39, 0.29) is 37.1 Å². The molecule has 0 unspecified atom stereocenters. The summed E-state index contributed by atoms with van der Waals surface area (Å²) in [6.45, 7) is 7.45. The Hall–Kier alpha value is -4.05. The van der Waals surface area contributed by atoms with Crippen LogP contribution in [0.2, 0.25) is 0 Å². The smallest absolute Gasteiger partial charge is 0.155 e. The second-order valence-corrected chi connectivity index (χ2v) is 10.5. The van der Waals surface area contributed by atoms with Crippen molar-refractivity contribution in [3.05, 3.63) is 114 Å². The minimum atomic E-state index is -0.235. The zero-order chi connectivity index (χ0) is 27.3. The van der Waals surface area contributed by atoms with E-state index in [4.69, 9.17) is 14.5 Å². The first-order valence-corrected chi connectivity index (χ1v) is 13.0. The van der Waals surface area contributed by atoms with Gasteiger partial charge in [0.2, 0.25) is 0 Å². The molecule has 0 bridgehead atoms. The van der Waals surface area contributed by atoms with Gasteiger partial charge >= 0.3 is 0 Å². The number of pyridine rings is 1. The predicted molar refractivity (Wildman–Crippen MR) is 158 cm³/mol. The van der Waals surface area contributed by atoms with Gasteiger partial charge in [0, 0.05) is 54.4 Å². The Morgan fingerprint density at radius 1 is 0.925 bits per heavy atom. The normalized spacial score (nSPS) is 13.3. The molecule has 1 radical (unpaired) electrons. The number of furan rings is 1. The SMILES string of the molecule is CC(=O)/C=C(/C)O.CC1(C)c2cc3ccccc3[c-]c2-c2nccc3oc4c(-c5ccccc5)ccc1c4c23.[Ir]. The third kappa shape index (κ3) is 4.56. The van der Waals surface area contributed by atoms with Crippen molar-refractivity contribution in [2.45, 2.75) is 33.1 Å². The van der Waals surface area contributed by atoms with E-state index < -0.39 is 0 Å². The molecule has 7 rings (SSSR count). The number of benzene rings is 4. The number of fused-ring (bicyclic) bond motifs is 3. The maximum absolute atomic E-state index is 10.0. The number of rotatable bonds is 2. The monoisotopic (exact) mass is 703 g/mol. The van der Waals surface area contributed by atoms with Gasteiger partial charge in [0.15, 0.2) is 5.78 Å². The van der Waals surface area contributed by atoms with Crippen LogP contribution < -0.4 is 0 Å². The summed E-state index contributed by atoms with van der Waals surface area (Å²) in [6.07, 6.45) is 3.02. The summed E-state index contributed by atoms with van der Waals surface area (Å²) in [6, 6.07) is 31.4. The third-order valence-corrected chi connectivity index (χ3v) is 7.40. The maximum Gasteiger partial charge on any atom is 0.155 e. The first kappa shape index (κ1) is 27.5. The summed E-state index contributed by atoms with van der Waals surface area (Å²) in [5, 5.41) is 12.9. The molecule has 0 fully saturated rings. The van der Waals surface area contributed by atoms with E-state index in [9.17, 15) is 4.79 Å². The Morgan fingerprint density at radius 3 is 2.35 bits per heavy atom. The number of aromatic nitrogens is 1. The standard InChI is InChI=1S/C30H20NO.C5H8O2.Ir/c1-30(2)23-13-12-21(18-8-4-3-5-9-18)29-26(23)27-25(32-29)14-15-31-28(27)22-16-19-10-6-7-11-20(19)17-24(22)30;1-4(6)3-5(2)7;/h3-15,17H,1-2H3;3,6H,1-2H3;/q-1;;/b;4-3-;.